The lowest BCUT2D eigenvalue weighted by Crippen LogP contribution is -2.35. The molecule has 1 aliphatic heterocycles. The molecule has 0 bridgehead atoms. The molecule has 1 fully saturated rings. The molecule has 0 unspecified atom stereocenters. The number of sulfonamides is 1. The summed E-state index contributed by atoms with van der Waals surface area (Å²) < 4.78 is 27.0. The molecule has 2 N–H and O–H groups in total. The number of aryl methyl sites for hydroxylation is 1. The molecule has 0 atom stereocenters. The first-order chi connectivity index (χ1) is 11.6. The molecule has 1 saturated heterocycles. The molecule has 2 heterocycles. The van der Waals surface area contributed by atoms with Crippen LogP contribution < -0.4 is 5.32 Å². The van der Waals surface area contributed by atoms with E-state index in [1.807, 2.05) is 13.0 Å². The van der Waals surface area contributed by atoms with Gasteiger partial charge in [-0.2, -0.15) is 9.40 Å². The first-order valence-corrected chi connectivity index (χ1v) is 9.78. The molecular formula is C16H23N5O2S. The Hall–Kier alpha value is -1.93. The summed E-state index contributed by atoms with van der Waals surface area (Å²) in [6, 6.07) is 6.95. The van der Waals surface area contributed by atoms with Gasteiger partial charge in [0.2, 0.25) is 10.0 Å². The van der Waals surface area contributed by atoms with Gasteiger partial charge in [-0.25, -0.2) is 13.4 Å². The van der Waals surface area contributed by atoms with Crippen LogP contribution in [0.1, 0.15) is 37.8 Å². The lowest BCUT2D eigenvalue weighted by molar-refractivity contribution is 0.346. The molecule has 0 saturated carbocycles. The number of piperidine rings is 1. The fourth-order valence-electron chi connectivity index (χ4n) is 2.78. The maximum Gasteiger partial charge on any atom is 0.243 e. The molecule has 0 radical (unpaired) electrons. The predicted molar refractivity (Wildman–Crippen MR) is 92.1 cm³/mol. The van der Waals surface area contributed by atoms with Gasteiger partial charge in [-0.15, -0.1) is 0 Å². The minimum Gasteiger partial charge on any atom is -0.378 e. The van der Waals surface area contributed by atoms with Crippen LogP contribution in [0.3, 0.4) is 0 Å². The van der Waals surface area contributed by atoms with E-state index in [4.69, 9.17) is 0 Å². The number of nitrogens with zero attached hydrogens (tertiary/aromatic N) is 3. The first kappa shape index (κ1) is 16.9. The van der Waals surface area contributed by atoms with Crippen molar-refractivity contribution in [2.45, 2.75) is 44.0 Å². The molecule has 3 rings (SSSR count). The van der Waals surface area contributed by atoms with E-state index in [1.165, 1.54) is 0 Å². The second-order valence-electron chi connectivity index (χ2n) is 5.90. The van der Waals surface area contributed by atoms with Gasteiger partial charge in [0.1, 0.15) is 5.82 Å². The molecule has 24 heavy (non-hydrogen) atoms. The van der Waals surface area contributed by atoms with E-state index < -0.39 is 10.0 Å². The largest absolute Gasteiger partial charge is 0.378 e. The Morgan fingerprint density at radius 1 is 1.25 bits per heavy atom. The Morgan fingerprint density at radius 2 is 2.04 bits per heavy atom. The van der Waals surface area contributed by atoms with Crippen LogP contribution in [-0.2, 0) is 23.0 Å². The van der Waals surface area contributed by atoms with Crippen LogP contribution in [-0.4, -0.2) is 41.0 Å². The SMILES string of the molecule is CCc1n[nH]c(CNc2cccc(S(=O)(=O)N3CCCCC3)c2)n1. The fourth-order valence-corrected chi connectivity index (χ4v) is 4.34. The standard InChI is InChI=1S/C16H23N5O2S/c1-2-15-18-16(20-19-15)12-17-13-7-6-8-14(11-13)24(22,23)21-9-4-3-5-10-21/h6-8,11,17H,2-5,9-10,12H2,1H3,(H,18,19,20). The molecule has 130 valence electrons. The Bertz CT molecular complexity index is 781. The van der Waals surface area contributed by atoms with Crippen molar-refractivity contribution in [2.24, 2.45) is 0 Å². The maximum absolute atomic E-state index is 12.7. The number of H-pyrrole nitrogens is 1. The van der Waals surface area contributed by atoms with E-state index in [0.29, 0.717) is 24.5 Å². The summed E-state index contributed by atoms with van der Waals surface area (Å²) in [7, 11) is -3.41. The maximum atomic E-state index is 12.7. The summed E-state index contributed by atoms with van der Waals surface area (Å²) in [5.74, 6) is 1.50. The van der Waals surface area contributed by atoms with Gasteiger partial charge in [-0.3, -0.25) is 5.10 Å². The normalized spacial score (nSPS) is 16.2. The monoisotopic (exact) mass is 349 g/mol. The van der Waals surface area contributed by atoms with Gasteiger partial charge < -0.3 is 5.32 Å². The van der Waals surface area contributed by atoms with Gasteiger partial charge in [0.25, 0.3) is 0 Å². The highest BCUT2D eigenvalue weighted by Crippen LogP contribution is 2.23. The van der Waals surface area contributed by atoms with Crippen LogP contribution >= 0.6 is 0 Å². The van der Waals surface area contributed by atoms with Crippen molar-refractivity contribution >= 4 is 15.7 Å². The molecule has 1 aliphatic rings. The number of hydrogen-bond donors (Lipinski definition) is 2. The quantitative estimate of drug-likeness (QED) is 0.834. The van der Waals surface area contributed by atoms with Crippen LogP contribution in [0.2, 0.25) is 0 Å². The van der Waals surface area contributed by atoms with E-state index in [9.17, 15) is 8.42 Å². The van der Waals surface area contributed by atoms with E-state index in [1.54, 1.807) is 22.5 Å². The van der Waals surface area contributed by atoms with Crippen molar-refractivity contribution < 1.29 is 8.42 Å². The van der Waals surface area contributed by atoms with Crippen LogP contribution in [0.4, 0.5) is 5.69 Å². The predicted octanol–water partition coefficient (Wildman–Crippen LogP) is 2.15. The zero-order chi connectivity index (χ0) is 17.0. The second-order valence-corrected chi connectivity index (χ2v) is 7.84. The average molecular weight is 349 g/mol. The van der Waals surface area contributed by atoms with Gasteiger partial charge in [0.15, 0.2) is 5.82 Å². The lowest BCUT2D eigenvalue weighted by Gasteiger charge is -2.26. The highest BCUT2D eigenvalue weighted by atomic mass is 32.2. The smallest absolute Gasteiger partial charge is 0.243 e. The molecule has 1 aromatic carbocycles. The third-order valence-electron chi connectivity index (χ3n) is 4.14. The number of rotatable bonds is 6. The van der Waals surface area contributed by atoms with Crippen molar-refractivity contribution in [1.29, 1.82) is 0 Å². The number of aromatic amines is 1. The van der Waals surface area contributed by atoms with Crippen molar-refractivity contribution in [2.75, 3.05) is 18.4 Å². The van der Waals surface area contributed by atoms with Crippen LogP contribution in [0, 0.1) is 0 Å². The van der Waals surface area contributed by atoms with E-state index in [2.05, 4.69) is 20.5 Å². The van der Waals surface area contributed by atoms with Gasteiger partial charge in [0.05, 0.1) is 11.4 Å². The minimum absolute atomic E-state index is 0.334. The van der Waals surface area contributed by atoms with Crippen molar-refractivity contribution in [3.8, 4) is 0 Å². The van der Waals surface area contributed by atoms with Crippen molar-refractivity contribution in [1.82, 2.24) is 19.5 Å². The Morgan fingerprint density at radius 3 is 2.75 bits per heavy atom. The van der Waals surface area contributed by atoms with Gasteiger partial charge >= 0.3 is 0 Å². The molecule has 1 aromatic heterocycles. The molecule has 0 amide bonds. The third kappa shape index (κ3) is 3.76. The molecule has 8 heteroatoms. The van der Waals surface area contributed by atoms with Crippen LogP contribution in [0.25, 0.3) is 0 Å². The summed E-state index contributed by atoms with van der Waals surface area (Å²) in [4.78, 5) is 4.67. The Kier molecular flexibility index (Phi) is 5.15. The number of anilines is 1. The zero-order valence-electron chi connectivity index (χ0n) is 13.8. The fraction of sp³-hybridized carbons (Fsp3) is 0.500. The van der Waals surface area contributed by atoms with E-state index in [0.717, 1.165) is 43.0 Å². The topological polar surface area (TPSA) is 91.0 Å². The number of nitrogens with one attached hydrogen (secondary N) is 2. The number of aromatic nitrogens is 3. The highest BCUT2D eigenvalue weighted by molar-refractivity contribution is 7.89. The molecule has 2 aromatic rings. The summed E-state index contributed by atoms with van der Waals surface area (Å²) >= 11 is 0. The molecule has 0 aliphatic carbocycles. The molecule has 7 nitrogen and oxygen atoms in total. The van der Waals surface area contributed by atoms with E-state index >= 15 is 0 Å². The second kappa shape index (κ2) is 7.31. The summed E-state index contributed by atoms with van der Waals surface area (Å²) in [6.07, 6.45) is 3.75. The third-order valence-corrected chi connectivity index (χ3v) is 6.04. The molecular weight excluding hydrogens is 326 g/mol. The zero-order valence-corrected chi connectivity index (χ0v) is 14.6. The van der Waals surface area contributed by atoms with Crippen molar-refractivity contribution in [3.05, 3.63) is 35.9 Å². The van der Waals surface area contributed by atoms with Gasteiger partial charge in [-0.1, -0.05) is 19.4 Å². The molecule has 0 spiro atoms. The Labute approximate surface area is 142 Å². The lowest BCUT2D eigenvalue weighted by atomic mass is 10.2. The van der Waals surface area contributed by atoms with Crippen LogP contribution in [0.5, 0.6) is 0 Å². The number of hydrogen-bond acceptors (Lipinski definition) is 5. The average Bonchev–Trinajstić information content (AvgIpc) is 3.09. The Balaban J connectivity index is 1.71. The summed E-state index contributed by atoms with van der Waals surface area (Å²) in [5.41, 5.74) is 0.752. The first-order valence-electron chi connectivity index (χ1n) is 8.34. The summed E-state index contributed by atoms with van der Waals surface area (Å²) in [5, 5.41) is 10.2. The van der Waals surface area contributed by atoms with Gasteiger partial charge in [-0.05, 0) is 31.0 Å². The summed E-state index contributed by atoms with van der Waals surface area (Å²) in [6.45, 7) is 3.69. The van der Waals surface area contributed by atoms with Gasteiger partial charge in [0, 0.05) is 25.2 Å². The van der Waals surface area contributed by atoms with E-state index in [-0.39, 0.29) is 0 Å². The minimum atomic E-state index is -3.41. The van der Waals surface area contributed by atoms with Crippen molar-refractivity contribution in [3.63, 3.8) is 0 Å². The number of benzene rings is 1. The van der Waals surface area contributed by atoms with Crippen LogP contribution in [0.15, 0.2) is 29.2 Å². The highest BCUT2D eigenvalue weighted by Gasteiger charge is 2.25.